The minimum absolute atomic E-state index is 0.134. The van der Waals surface area contributed by atoms with E-state index in [2.05, 4.69) is 15.7 Å². The van der Waals surface area contributed by atoms with E-state index in [-0.39, 0.29) is 24.3 Å². The smallest absolute Gasteiger partial charge is 0.227 e. The molecule has 2 aromatic rings. The summed E-state index contributed by atoms with van der Waals surface area (Å²) in [5.74, 6) is 0.445. The van der Waals surface area contributed by atoms with Gasteiger partial charge in [-0.3, -0.25) is 9.59 Å². The molecule has 1 heterocycles. The fourth-order valence-electron chi connectivity index (χ4n) is 3.59. The Kier molecular flexibility index (Phi) is 6.04. The van der Waals surface area contributed by atoms with Gasteiger partial charge in [0.1, 0.15) is 5.82 Å². The molecule has 1 saturated carbocycles. The summed E-state index contributed by atoms with van der Waals surface area (Å²) >= 11 is 0. The summed E-state index contributed by atoms with van der Waals surface area (Å²) in [5, 5.41) is 10.2. The molecule has 0 saturated heterocycles. The Morgan fingerprint density at radius 3 is 2.58 bits per heavy atom. The van der Waals surface area contributed by atoms with E-state index in [4.69, 9.17) is 0 Å². The van der Waals surface area contributed by atoms with Gasteiger partial charge < -0.3 is 10.6 Å². The largest absolute Gasteiger partial charge is 0.349 e. The third kappa shape index (κ3) is 4.71. The third-order valence-electron chi connectivity index (χ3n) is 4.83. The molecule has 1 aromatic carbocycles. The van der Waals surface area contributed by atoms with Crippen LogP contribution in [0.5, 0.6) is 0 Å². The van der Waals surface area contributed by atoms with Gasteiger partial charge >= 0.3 is 0 Å². The SMILES string of the molecule is CC(=O)NC(CC(=O)Nc1ccnn1C1CCCCC1)c1ccccc1. The lowest BCUT2D eigenvalue weighted by Crippen LogP contribution is -2.30. The standard InChI is InChI=1S/C20H26N4O2/c1-15(25)22-18(16-8-4-2-5-9-16)14-20(26)23-19-12-13-21-24(19)17-10-6-3-7-11-17/h2,4-5,8-9,12-13,17-18H,3,6-7,10-11,14H2,1H3,(H,22,25)(H,23,26). The Bertz CT molecular complexity index is 735. The summed E-state index contributed by atoms with van der Waals surface area (Å²) in [6.45, 7) is 1.46. The number of nitrogens with zero attached hydrogens (tertiary/aromatic N) is 2. The molecule has 0 radical (unpaired) electrons. The Morgan fingerprint density at radius 2 is 1.88 bits per heavy atom. The molecule has 6 heteroatoms. The van der Waals surface area contributed by atoms with Crippen molar-refractivity contribution in [3.05, 3.63) is 48.2 Å². The zero-order valence-electron chi connectivity index (χ0n) is 15.1. The van der Waals surface area contributed by atoms with Crippen molar-refractivity contribution in [3.8, 4) is 0 Å². The molecule has 138 valence electrons. The van der Waals surface area contributed by atoms with Crippen molar-refractivity contribution in [2.75, 3.05) is 5.32 Å². The Morgan fingerprint density at radius 1 is 1.15 bits per heavy atom. The predicted molar refractivity (Wildman–Crippen MR) is 101 cm³/mol. The molecular weight excluding hydrogens is 328 g/mol. The highest BCUT2D eigenvalue weighted by molar-refractivity contribution is 5.90. The highest BCUT2D eigenvalue weighted by Crippen LogP contribution is 2.30. The number of aromatic nitrogens is 2. The molecule has 1 aliphatic carbocycles. The molecule has 1 aromatic heterocycles. The van der Waals surface area contributed by atoms with E-state index in [0.717, 1.165) is 24.2 Å². The van der Waals surface area contributed by atoms with E-state index in [1.807, 2.05) is 41.1 Å². The van der Waals surface area contributed by atoms with Crippen molar-refractivity contribution in [3.63, 3.8) is 0 Å². The van der Waals surface area contributed by atoms with Gasteiger partial charge in [0.2, 0.25) is 11.8 Å². The number of hydrogen-bond donors (Lipinski definition) is 2. The lowest BCUT2D eigenvalue weighted by molar-refractivity contribution is -0.120. The second kappa shape index (κ2) is 8.65. The molecule has 2 N–H and O–H groups in total. The molecule has 1 aliphatic rings. The molecule has 0 bridgehead atoms. The molecule has 1 fully saturated rings. The zero-order valence-corrected chi connectivity index (χ0v) is 15.1. The molecule has 0 aliphatic heterocycles. The van der Waals surface area contributed by atoms with Crippen LogP contribution >= 0.6 is 0 Å². The number of amides is 2. The first-order valence-corrected chi connectivity index (χ1v) is 9.29. The average Bonchev–Trinajstić information content (AvgIpc) is 3.10. The summed E-state index contributed by atoms with van der Waals surface area (Å²) in [6, 6.07) is 11.4. The van der Waals surface area contributed by atoms with Crippen molar-refractivity contribution < 1.29 is 9.59 Å². The summed E-state index contributed by atoms with van der Waals surface area (Å²) in [6.07, 6.45) is 7.79. The van der Waals surface area contributed by atoms with Crippen LogP contribution < -0.4 is 10.6 Å². The van der Waals surface area contributed by atoms with E-state index >= 15 is 0 Å². The van der Waals surface area contributed by atoms with Crippen molar-refractivity contribution >= 4 is 17.6 Å². The second-order valence-electron chi connectivity index (χ2n) is 6.87. The van der Waals surface area contributed by atoms with Crippen LogP contribution in [0.15, 0.2) is 42.6 Å². The fraction of sp³-hybridized carbons (Fsp3) is 0.450. The first kappa shape index (κ1) is 18.2. The van der Waals surface area contributed by atoms with Crippen molar-refractivity contribution in [2.45, 2.75) is 57.5 Å². The average molecular weight is 354 g/mol. The topological polar surface area (TPSA) is 76.0 Å². The molecule has 26 heavy (non-hydrogen) atoms. The number of carbonyl (C=O) groups is 2. The van der Waals surface area contributed by atoms with Gasteiger partial charge in [0, 0.05) is 13.0 Å². The minimum Gasteiger partial charge on any atom is -0.349 e. The fourth-order valence-corrected chi connectivity index (χ4v) is 3.59. The first-order chi connectivity index (χ1) is 12.6. The quantitative estimate of drug-likeness (QED) is 0.832. The molecular formula is C20H26N4O2. The monoisotopic (exact) mass is 354 g/mol. The normalized spacial score (nSPS) is 16.0. The van der Waals surface area contributed by atoms with Crippen LogP contribution in [0.4, 0.5) is 5.82 Å². The van der Waals surface area contributed by atoms with Crippen LogP contribution in [-0.4, -0.2) is 21.6 Å². The van der Waals surface area contributed by atoms with Crippen molar-refractivity contribution in [1.29, 1.82) is 0 Å². The lowest BCUT2D eigenvalue weighted by atomic mass is 9.96. The van der Waals surface area contributed by atoms with E-state index < -0.39 is 0 Å². The van der Waals surface area contributed by atoms with Gasteiger partial charge in [-0.1, -0.05) is 49.6 Å². The van der Waals surface area contributed by atoms with E-state index in [1.54, 1.807) is 6.20 Å². The van der Waals surface area contributed by atoms with Crippen LogP contribution in [0.1, 0.15) is 63.1 Å². The number of rotatable bonds is 6. The van der Waals surface area contributed by atoms with Gasteiger partial charge in [0.05, 0.1) is 24.7 Å². The van der Waals surface area contributed by atoms with E-state index in [9.17, 15) is 9.59 Å². The van der Waals surface area contributed by atoms with E-state index in [0.29, 0.717) is 6.04 Å². The van der Waals surface area contributed by atoms with Crippen molar-refractivity contribution in [1.82, 2.24) is 15.1 Å². The van der Waals surface area contributed by atoms with Gasteiger partial charge in [0.25, 0.3) is 0 Å². The molecule has 1 unspecified atom stereocenters. The third-order valence-corrected chi connectivity index (χ3v) is 4.83. The highest BCUT2D eigenvalue weighted by atomic mass is 16.2. The number of benzene rings is 1. The summed E-state index contributed by atoms with van der Waals surface area (Å²) < 4.78 is 1.94. The summed E-state index contributed by atoms with van der Waals surface area (Å²) in [4.78, 5) is 24.1. The van der Waals surface area contributed by atoms with Gasteiger partial charge in [-0.2, -0.15) is 5.10 Å². The predicted octanol–water partition coefficient (Wildman–Crippen LogP) is 3.59. The van der Waals surface area contributed by atoms with Crippen LogP contribution in [0.25, 0.3) is 0 Å². The van der Waals surface area contributed by atoms with Crippen LogP contribution in [0, 0.1) is 0 Å². The number of nitrogens with one attached hydrogen (secondary N) is 2. The second-order valence-corrected chi connectivity index (χ2v) is 6.87. The maximum absolute atomic E-state index is 12.6. The van der Waals surface area contributed by atoms with E-state index in [1.165, 1.54) is 26.2 Å². The summed E-state index contributed by atoms with van der Waals surface area (Å²) in [7, 11) is 0. The van der Waals surface area contributed by atoms with Crippen LogP contribution in [0.3, 0.4) is 0 Å². The number of hydrogen-bond acceptors (Lipinski definition) is 3. The maximum atomic E-state index is 12.6. The van der Waals surface area contributed by atoms with Gasteiger partial charge in [-0.05, 0) is 18.4 Å². The molecule has 2 amide bonds. The Hall–Kier alpha value is -2.63. The summed E-state index contributed by atoms with van der Waals surface area (Å²) in [5.41, 5.74) is 0.915. The highest BCUT2D eigenvalue weighted by Gasteiger charge is 2.21. The molecule has 3 rings (SSSR count). The first-order valence-electron chi connectivity index (χ1n) is 9.29. The molecule has 1 atom stereocenters. The number of carbonyl (C=O) groups excluding carboxylic acids is 2. The van der Waals surface area contributed by atoms with Crippen LogP contribution in [0.2, 0.25) is 0 Å². The Balaban J connectivity index is 1.67. The van der Waals surface area contributed by atoms with Gasteiger partial charge in [0.15, 0.2) is 0 Å². The lowest BCUT2D eigenvalue weighted by Gasteiger charge is -2.24. The maximum Gasteiger partial charge on any atom is 0.227 e. The number of anilines is 1. The zero-order chi connectivity index (χ0) is 18.4. The molecule has 6 nitrogen and oxygen atoms in total. The van der Waals surface area contributed by atoms with Gasteiger partial charge in [-0.25, -0.2) is 4.68 Å². The Labute approximate surface area is 154 Å². The van der Waals surface area contributed by atoms with Crippen molar-refractivity contribution in [2.24, 2.45) is 0 Å². The van der Waals surface area contributed by atoms with Crippen LogP contribution in [-0.2, 0) is 9.59 Å². The minimum atomic E-state index is -0.347. The molecule has 0 spiro atoms. The van der Waals surface area contributed by atoms with Gasteiger partial charge in [-0.15, -0.1) is 0 Å².